The molecule has 0 N–H and O–H groups in total. The van der Waals surface area contributed by atoms with E-state index < -0.39 is 0 Å². The number of likely N-dealkylation sites (tertiary alicyclic amines) is 1. The molecule has 0 unspecified atom stereocenters. The van der Waals surface area contributed by atoms with Crippen LogP contribution in [0.4, 0.5) is 5.69 Å². The molecule has 0 radical (unpaired) electrons. The van der Waals surface area contributed by atoms with Gasteiger partial charge >= 0.3 is 0 Å². The van der Waals surface area contributed by atoms with E-state index in [1.54, 1.807) is 18.2 Å². The Kier molecular flexibility index (Phi) is 6.11. The van der Waals surface area contributed by atoms with E-state index in [-0.39, 0.29) is 17.9 Å². The normalized spacial score (nSPS) is 18.3. The van der Waals surface area contributed by atoms with Crippen LogP contribution in [0.25, 0.3) is 5.57 Å². The first-order chi connectivity index (χ1) is 14.8. The van der Waals surface area contributed by atoms with Crippen molar-refractivity contribution in [3.05, 3.63) is 69.3 Å². The Morgan fingerprint density at radius 2 is 1.61 bits per heavy atom. The molecule has 2 aromatic rings. The highest BCUT2D eigenvalue weighted by Gasteiger charge is 2.44. The summed E-state index contributed by atoms with van der Waals surface area (Å²) in [6.07, 6.45) is 1.86. The number of halogens is 2. The van der Waals surface area contributed by atoms with Gasteiger partial charge in [0, 0.05) is 18.1 Å². The predicted molar refractivity (Wildman–Crippen MR) is 125 cm³/mol. The minimum absolute atomic E-state index is 0.179. The molecule has 2 aliphatic heterocycles. The molecule has 162 valence electrons. The molecule has 2 aliphatic rings. The van der Waals surface area contributed by atoms with Crippen molar-refractivity contribution in [2.24, 2.45) is 0 Å². The molecule has 1 saturated heterocycles. The SMILES string of the molecule is Cc1ccc(C2=C(N(C)C3CCN(C)CC3)C(=O)N(c3cc(Cl)ccc3Cl)C2=O)cc1. The van der Waals surface area contributed by atoms with E-state index in [0.717, 1.165) is 42.0 Å². The number of aryl methyl sites for hydroxylation is 1. The second-order valence-electron chi connectivity index (χ2n) is 8.28. The van der Waals surface area contributed by atoms with Crippen molar-refractivity contribution >= 4 is 46.3 Å². The molecule has 0 saturated carbocycles. The van der Waals surface area contributed by atoms with E-state index in [2.05, 4.69) is 11.9 Å². The van der Waals surface area contributed by atoms with Gasteiger partial charge in [0.2, 0.25) is 0 Å². The Bertz CT molecular complexity index is 1060. The van der Waals surface area contributed by atoms with Gasteiger partial charge in [0.05, 0.1) is 16.3 Å². The number of anilines is 1. The maximum Gasteiger partial charge on any atom is 0.282 e. The van der Waals surface area contributed by atoms with Crippen molar-refractivity contribution in [3.63, 3.8) is 0 Å². The minimum atomic E-state index is -0.382. The fraction of sp³-hybridized carbons (Fsp3) is 0.333. The molecular weight excluding hydrogens is 433 g/mol. The maximum atomic E-state index is 13.7. The molecule has 2 aromatic carbocycles. The Morgan fingerprint density at radius 1 is 0.968 bits per heavy atom. The fourth-order valence-electron chi connectivity index (χ4n) is 4.27. The van der Waals surface area contributed by atoms with Gasteiger partial charge in [-0.3, -0.25) is 9.59 Å². The average molecular weight is 458 g/mol. The van der Waals surface area contributed by atoms with Crippen LogP contribution in [0.5, 0.6) is 0 Å². The Balaban J connectivity index is 1.81. The standard InChI is InChI=1S/C24H25Cl2N3O2/c1-15-4-6-16(7-5-15)21-22(28(3)18-10-12-27(2)13-11-18)24(31)29(23(21)30)20-14-17(25)8-9-19(20)26/h4-9,14,18H,10-13H2,1-3H3. The summed E-state index contributed by atoms with van der Waals surface area (Å²) in [6, 6.07) is 12.7. The zero-order valence-electron chi connectivity index (χ0n) is 17.9. The number of nitrogens with zero attached hydrogens (tertiary/aromatic N) is 3. The summed E-state index contributed by atoms with van der Waals surface area (Å²) in [7, 11) is 4.01. The van der Waals surface area contributed by atoms with Crippen molar-refractivity contribution in [1.29, 1.82) is 0 Å². The minimum Gasteiger partial charge on any atom is -0.366 e. The Labute approximate surface area is 192 Å². The van der Waals surface area contributed by atoms with E-state index in [9.17, 15) is 9.59 Å². The lowest BCUT2D eigenvalue weighted by molar-refractivity contribution is -0.120. The van der Waals surface area contributed by atoms with E-state index in [4.69, 9.17) is 23.2 Å². The number of amides is 2. The molecule has 2 heterocycles. The van der Waals surface area contributed by atoms with Gasteiger partial charge in [-0.1, -0.05) is 53.0 Å². The number of carbonyl (C=O) groups is 2. The smallest absolute Gasteiger partial charge is 0.282 e. The predicted octanol–water partition coefficient (Wildman–Crippen LogP) is 4.61. The van der Waals surface area contributed by atoms with Gasteiger partial charge in [-0.15, -0.1) is 0 Å². The van der Waals surface area contributed by atoms with Crippen molar-refractivity contribution in [2.45, 2.75) is 25.8 Å². The van der Waals surface area contributed by atoms with Gasteiger partial charge in [0.25, 0.3) is 11.8 Å². The first-order valence-corrected chi connectivity index (χ1v) is 11.1. The number of hydrogen-bond acceptors (Lipinski definition) is 4. The van der Waals surface area contributed by atoms with Gasteiger partial charge in [0.1, 0.15) is 5.70 Å². The molecule has 0 spiro atoms. The lowest BCUT2D eigenvalue weighted by Crippen LogP contribution is -2.43. The molecule has 4 rings (SSSR count). The van der Waals surface area contributed by atoms with Gasteiger partial charge in [-0.05, 0) is 63.7 Å². The fourth-order valence-corrected chi connectivity index (χ4v) is 4.64. The lowest BCUT2D eigenvalue weighted by Gasteiger charge is -2.36. The molecule has 0 aliphatic carbocycles. The molecule has 5 nitrogen and oxygen atoms in total. The number of likely N-dealkylation sites (N-methyl/N-ethyl adjacent to an activating group) is 1. The zero-order valence-corrected chi connectivity index (χ0v) is 19.4. The summed E-state index contributed by atoms with van der Waals surface area (Å²) in [4.78, 5) is 32.7. The number of imide groups is 1. The highest BCUT2D eigenvalue weighted by Crippen LogP contribution is 2.39. The van der Waals surface area contributed by atoms with Crippen molar-refractivity contribution in [3.8, 4) is 0 Å². The van der Waals surface area contributed by atoms with Crippen LogP contribution in [0.2, 0.25) is 10.0 Å². The number of hydrogen-bond donors (Lipinski definition) is 0. The summed E-state index contributed by atoms with van der Waals surface area (Å²) >= 11 is 12.5. The number of rotatable bonds is 4. The van der Waals surface area contributed by atoms with E-state index >= 15 is 0 Å². The highest BCUT2D eigenvalue weighted by molar-refractivity contribution is 6.47. The molecule has 0 aromatic heterocycles. The average Bonchev–Trinajstić information content (AvgIpc) is 3.00. The molecule has 7 heteroatoms. The number of benzene rings is 2. The zero-order chi connectivity index (χ0) is 22.3. The highest BCUT2D eigenvalue weighted by atomic mass is 35.5. The second-order valence-corrected chi connectivity index (χ2v) is 9.12. The summed E-state index contributed by atoms with van der Waals surface area (Å²) in [6.45, 7) is 3.89. The maximum absolute atomic E-state index is 13.7. The third kappa shape index (κ3) is 4.10. The topological polar surface area (TPSA) is 43.9 Å². The molecule has 1 fully saturated rings. The third-order valence-corrected chi connectivity index (χ3v) is 6.69. The Morgan fingerprint density at radius 3 is 2.26 bits per heavy atom. The van der Waals surface area contributed by atoms with E-state index in [1.807, 2.05) is 43.1 Å². The molecule has 0 atom stereocenters. The summed E-state index contributed by atoms with van der Waals surface area (Å²) in [5, 5.41) is 0.714. The third-order valence-electron chi connectivity index (χ3n) is 6.14. The van der Waals surface area contributed by atoms with Crippen LogP contribution in [0.15, 0.2) is 48.2 Å². The first kappa shape index (κ1) is 21.9. The van der Waals surface area contributed by atoms with Crippen LogP contribution in [-0.2, 0) is 9.59 Å². The summed E-state index contributed by atoms with van der Waals surface area (Å²) in [5.74, 6) is -0.751. The van der Waals surface area contributed by atoms with E-state index in [0.29, 0.717) is 27.0 Å². The van der Waals surface area contributed by atoms with Crippen LogP contribution < -0.4 is 4.90 Å². The summed E-state index contributed by atoms with van der Waals surface area (Å²) < 4.78 is 0. The van der Waals surface area contributed by atoms with E-state index in [1.165, 1.54) is 0 Å². The molecular formula is C24H25Cl2N3O2. The number of piperidine rings is 1. The van der Waals surface area contributed by atoms with Crippen molar-refractivity contribution in [2.75, 3.05) is 32.1 Å². The first-order valence-electron chi connectivity index (χ1n) is 10.3. The van der Waals surface area contributed by atoms with Gasteiger partial charge < -0.3 is 9.80 Å². The van der Waals surface area contributed by atoms with Crippen LogP contribution in [0, 0.1) is 6.92 Å². The lowest BCUT2D eigenvalue weighted by atomic mass is 9.99. The van der Waals surface area contributed by atoms with Gasteiger partial charge in [-0.25, -0.2) is 4.90 Å². The van der Waals surface area contributed by atoms with Crippen LogP contribution >= 0.6 is 23.2 Å². The van der Waals surface area contributed by atoms with Gasteiger partial charge in [0.15, 0.2) is 0 Å². The summed E-state index contributed by atoms with van der Waals surface area (Å²) in [5.41, 5.74) is 2.93. The van der Waals surface area contributed by atoms with Crippen molar-refractivity contribution in [1.82, 2.24) is 9.80 Å². The Hall–Kier alpha value is -2.34. The molecule has 31 heavy (non-hydrogen) atoms. The quantitative estimate of drug-likeness (QED) is 0.628. The van der Waals surface area contributed by atoms with Crippen molar-refractivity contribution < 1.29 is 9.59 Å². The largest absolute Gasteiger partial charge is 0.366 e. The monoisotopic (exact) mass is 457 g/mol. The van der Waals surface area contributed by atoms with Crippen LogP contribution in [-0.4, -0.2) is 54.8 Å². The second kappa shape index (κ2) is 8.65. The van der Waals surface area contributed by atoms with Crippen LogP contribution in [0.1, 0.15) is 24.0 Å². The van der Waals surface area contributed by atoms with Gasteiger partial charge in [-0.2, -0.15) is 0 Å². The molecule has 0 bridgehead atoms. The van der Waals surface area contributed by atoms with Crippen LogP contribution in [0.3, 0.4) is 0 Å². The number of carbonyl (C=O) groups excluding carboxylic acids is 2. The molecule has 2 amide bonds.